The lowest BCUT2D eigenvalue weighted by Gasteiger charge is -2.41. The molecule has 6 heterocycles. The van der Waals surface area contributed by atoms with Gasteiger partial charge in [0.25, 0.3) is 5.92 Å². The number of benzene rings is 2. The van der Waals surface area contributed by atoms with E-state index in [0.29, 0.717) is 50.2 Å². The summed E-state index contributed by atoms with van der Waals surface area (Å²) in [4.78, 5) is 32.5. The van der Waals surface area contributed by atoms with Crippen LogP contribution in [0, 0.1) is 29.4 Å². The molecule has 270 valence electrons. The molecule has 2 bridgehead atoms. The number of ether oxygens (including phenoxy) is 2. The number of rotatable bonds is 6. The van der Waals surface area contributed by atoms with E-state index in [-0.39, 0.29) is 82.7 Å². The number of hydrogen-bond donors (Lipinski definition) is 1. The minimum Gasteiger partial charge on any atom is -0.508 e. The molecule has 14 heteroatoms. The van der Waals surface area contributed by atoms with Crippen LogP contribution in [0.2, 0.25) is 0 Å². The van der Waals surface area contributed by atoms with Crippen molar-refractivity contribution in [2.24, 2.45) is 5.41 Å². The van der Waals surface area contributed by atoms with Crippen molar-refractivity contribution in [2.45, 2.75) is 69.0 Å². The number of aromatic nitrogens is 3. The van der Waals surface area contributed by atoms with Crippen LogP contribution >= 0.6 is 0 Å². The Morgan fingerprint density at radius 3 is 2.62 bits per heavy atom. The SMILES string of the molecule is C#Cc1c(F)ccc2cc(O)cc(-c3ncc4c(N5CC6CCC(C5)N6C(=O)OCC)nc(OCC56CCCN5CC5(C6)CC5(F)F)nc4c3F)c12. The number of carbonyl (C=O) groups is 1. The Hall–Kier alpha value is -4.90. The van der Waals surface area contributed by atoms with Gasteiger partial charge in [-0.1, -0.05) is 12.0 Å². The van der Waals surface area contributed by atoms with Crippen molar-refractivity contribution in [3.63, 3.8) is 0 Å². The van der Waals surface area contributed by atoms with Crippen LogP contribution in [0.4, 0.5) is 28.2 Å². The molecule has 5 aliphatic rings. The van der Waals surface area contributed by atoms with E-state index in [4.69, 9.17) is 20.9 Å². The lowest BCUT2D eigenvalue weighted by molar-refractivity contribution is 0.0647. The molecule has 2 aromatic carbocycles. The first-order valence-electron chi connectivity index (χ1n) is 17.7. The number of phenols is 1. The minimum absolute atomic E-state index is 0.0548. The van der Waals surface area contributed by atoms with Crippen LogP contribution in [-0.2, 0) is 4.74 Å². The number of nitrogens with zero attached hydrogens (tertiary/aromatic N) is 6. The predicted molar refractivity (Wildman–Crippen MR) is 183 cm³/mol. The summed E-state index contributed by atoms with van der Waals surface area (Å²) in [6, 6.07) is 4.86. The highest BCUT2D eigenvalue weighted by Crippen LogP contribution is 2.69. The Morgan fingerprint density at radius 1 is 1.13 bits per heavy atom. The second kappa shape index (κ2) is 11.6. The van der Waals surface area contributed by atoms with Gasteiger partial charge in [0.05, 0.1) is 40.6 Å². The number of carbonyl (C=O) groups excluding carboxylic acids is 1. The molecule has 9 rings (SSSR count). The molecule has 1 N–H and O–H groups in total. The van der Waals surface area contributed by atoms with Gasteiger partial charge in [0.1, 0.15) is 35.2 Å². The van der Waals surface area contributed by atoms with Crippen LogP contribution in [0.25, 0.3) is 32.9 Å². The Labute approximate surface area is 296 Å². The molecule has 10 nitrogen and oxygen atoms in total. The largest absolute Gasteiger partial charge is 0.508 e. The Bertz CT molecular complexity index is 2200. The fourth-order valence-corrected chi connectivity index (χ4v) is 9.49. The third kappa shape index (κ3) is 4.88. The molecular weight excluding hydrogens is 680 g/mol. The summed E-state index contributed by atoms with van der Waals surface area (Å²) in [5.74, 6) is -1.74. The number of aromatic hydroxyl groups is 1. The summed E-state index contributed by atoms with van der Waals surface area (Å²) in [5, 5.41) is 11.5. The Balaban J connectivity index is 1.15. The highest BCUT2D eigenvalue weighted by molar-refractivity contribution is 6.03. The first-order chi connectivity index (χ1) is 25.0. The van der Waals surface area contributed by atoms with E-state index in [0.717, 1.165) is 19.3 Å². The molecule has 1 saturated carbocycles. The molecule has 4 aliphatic heterocycles. The topological polar surface area (TPSA) is 104 Å². The van der Waals surface area contributed by atoms with Gasteiger partial charge >= 0.3 is 12.1 Å². The summed E-state index contributed by atoms with van der Waals surface area (Å²) in [6.45, 7) is 3.85. The van der Waals surface area contributed by atoms with Crippen molar-refractivity contribution in [2.75, 3.05) is 44.3 Å². The number of halogens is 4. The Morgan fingerprint density at radius 2 is 1.90 bits per heavy atom. The molecule has 4 saturated heterocycles. The maximum Gasteiger partial charge on any atom is 0.410 e. The van der Waals surface area contributed by atoms with Crippen molar-refractivity contribution in [1.29, 1.82) is 0 Å². The van der Waals surface area contributed by atoms with Crippen molar-refractivity contribution in [3.8, 4) is 35.4 Å². The zero-order chi connectivity index (χ0) is 36.2. The zero-order valence-electron chi connectivity index (χ0n) is 28.5. The monoisotopic (exact) mass is 716 g/mol. The van der Waals surface area contributed by atoms with Crippen molar-refractivity contribution in [3.05, 3.63) is 47.7 Å². The van der Waals surface area contributed by atoms with E-state index in [2.05, 4.69) is 20.8 Å². The van der Waals surface area contributed by atoms with Gasteiger partial charge in [-0.2, -0.15) is 9.97 Å². The summed E-state index contributed by atoms with van der Waals surface area (Å²) in [5.41, 5.74) is -2.02. The van der Waals surface area contributed by atoms with Crippen molar-refractivity contribution >= 4 is 33.6 Å². The van der Waals surface area contributed by atoms with E-state index in [1.54, 1.807) is 11.8 Å². The molecule has 4 aromatic rings. The van der Waals surface area contributed by atoms with Gasteiger partial charge in [-0.25, -0.2) is 22.4 Å². The minimum atomic E-state index is -2.70. The van der Waals surface area contributed by atoms with Gasteiger partial charge in [-0.15, -0.1) is 6.42 Å². The van der Waals surface area contributed by atoms with Crippen molar-refractivity contribution < 1.29 is 36.9 Å². The fourth-order valence-electron chi connectivity index (χ4n) is 9.49. The Kier molecular flexibility index (Phi) is 7.32. The first-order valence-corrected chi connectivity index (χ1v) is 17.7. The number of amides is 1. The van der Waals surface area contributed by atoms with Crippen LogP contribution < -0.4 is 9.64 Å². The third-order valence-corrected chi connectivity index (χ3v) is 11.9. The maximum atomic E-state index is 17.0. The smallest absolute Gasteiger partial charge is 0.410 e. The van der Waals surface area contributed by atoms with E-state index in [1.165, 1.54) is 30.5 Å². The van der Waals surface area contributed by atoms with E-state index < -0.39 is 28.5 Å². The third-order valence-electron chi connectivity index (χ3n) is 11.9. The number of terminal acetylenes is 1. The second-order valence-corrected chi connectivity index (χ2v) is 14.9. The lowest BCUT2D eigenvalue weighted by Crippen LogP contribution is -2.56. The van der Waals surface area contributed by atoms with Gasteiger partial charge in [0, 0.05) is 43.2 Å². The van der Waals surface area contributed by atoms with Gasteiger partial charge in [-0.3, -0.25) is 14.8 Å². The normalized spacial score (nSPS) is 27.4. The molecule has 1 aliphatic carbocycles. The average Bonchev–Trinajstić information content (AvgIpc) is 3.38. The van der Waals surface area contributed by atoms with Crippen LogP contribution in [0.1, 0.15) is 51.0 Å². The van der Waals surface area contributed by atoms with E-state index in [1.807, 2.05) is 4.90 Å². The molecule has 5 fully saturated rings. The number of pyridine rings is 1. The summed E-state index contributed by atoms with van der Waals surface area (Å²) >= 11 is 0. The second-order valence-electron chi connectivity index (χ2n) is 14.9. The predicted octanol–water partition coefficient (Wildman–Crippen LogP) is 6.26. The number of fused-ring (bicyclic) bond motifs is 5. The molecule has 2 aromatic heterocycles. The first kappa shape index (κ1) is 33.0. The molecule has 4 atom stereocenters. The number of anilines is 1. The van der Waals surface area contributed by atoms with Gasteiger partial charge in [-0.05, 0) is 69.2 Å². The standard InChI is InChI=1S/C38H36F4N6O4/c1-3-25-28(39)9-6-21-12-24(49)13-26(29(21)25)31-30(40)32-27(14-43-31)33(46-15-22-7-8-23(16-46)48(22)35(50)51-4-2)45-34(44-32)52-20-37-10-5-11-47(37)19-36(17-37)18-38(36,41)42/h1,6,9,12-14,22-23,49H,4-5,7-8,10-11,15-20H2,2H3. The quantitative estimate of drug-likeness (QED) is 0.183. The molecule has 0 radical (unpaired) electrons. The molecule has 1 amide bonds. The molecule has 4 unspecified atom stereocenters. The lowest BCUT2D eigenvalue weighted by atomic mass is 9.89. The zero-order valence-corrected chi connectivity index (χ0v) is 28.5. The molecular formula is C38H36F4N6O4. The van der Waals surface area contributed by atoms with E-state index >= 15 is 4.39 Å². The van der Waals surface area contributed by atoms with Crippen molar-refractivity contribution in [1.82, 2.24) is 24.8 Å². The number of piperazine rings is 1. The summed E-state index contributed by atoms with van der Waals surface area (Å²) in [6.07, 6.45) is 9.97. The summed E-state index contributed by atoms with van der Waals surface area (Å²) in [7, 11) is 0. The fraction of sp³-hybridized carbons (Fsp3) is 0.474. The number of alkyl halides is 2. The molecule has 52 heavy (non-hydrogen) atoms. The van der Waals surface area contributed by atoms with E-state index in [9.17, 15) is 23.1 Å². The highest BCUT2D eigenvalue weighted by Gasteiger charge is 2.77. The maximum absolute atomic E-state index is 17.0. The average molecular weight is 717 g/mol. The van der Waals surface area contributed by atoms with Crippen LogP contribution in [-0.4, -0.2) is 98.9 Å². The van der Waals surface area contributed by atoms with Crippen LogP contribution in [0.5, 0.6) is 11.8 Å². The van der Waals surface area contributed by atoms with Crippen LogP contribution in [0.15, 0.2) is 30.5 Å². The van der Waals surface area contributed by atoms with Gasteiger partial charge < -0.3 is 19.5 Å². The molecule has 1 spiro atoms. The van der Waals surface area contributed by atoms with Gasteiger partial charge in [0.15, 0.2) is 5.82 Å². The number of phenolic OH excluding ortho intramolecular Hbond substituents is 1. The van der Waals surface area contributed by atoms with Crippen LogP contribution in [0.3, 0.4) is 0 Å². The highest BCUT2D eigenvalue weighted by atomic mass is 19.3. The van der Waals surface area contributed by atoms with Gasteiger partial charge in [0.2, 0.25) is 0 Å². The summed E-state index contributed by atoms with van der Waals surface area (Å²) < 4.78 is 72.7. The number of hydrogen-bond acceptors (Lipinski definition) is 9.